The molecular formula is C23H23ClN2O. The second kappa shape index (κ2) is 8.38. The first-order chi connectivity index (χ1) is 13.0. The minimum absolute atomic E-state index is 0.0829. The van der Waals surface area contributed by atoms with Gasteiger partial charge in [0.15, 0.2) is 0 Å². The number of para-hydroxylation sites is 1. The molecule has 138 valence electrons. The Kier molecular flexibility index (Phi) is 5.94. The van der Waals surface area contributed by atoms with Crippen LogP contribution in [0, 0.1) is 0 Å². The molecule has 0 unspecified atom stereocenters. The summed E-state index contributed by atoms with van der Waals surface area (Å²) in [5, 5.41) is 7.04. The molecule has 3 aromatic carbocycles. The SMILES string of the molecule is CC(C)(NCC(=O)Nc1ccccc1-c1ccccc1)c1ccc(Cl)cc1. The number of amides is 1. The minimum atomic E-state index is -0.346. The number of nitrogens with one attached hydrogen (secondary N) is 2. The number of rotatable bonds is 6. The van der Waals surface area contributed by atoms with Gasteiger partial charge in [0.05, 0.1) is 6.54 Å². The Balaban J connectivity index is 1.67. The van der Waals surface area contributed by atoms with Gasteiger partial charge in [0.1, 0.15) is 0 Å². The number of hydrogen-bond acceptors (Lipinski definition) is 2. The van der Waals surface area contributed by atoms with Gasteiger partial charge in [-0.2, -0.15) is 0 Å². The maximum atomic E-state index is 12.5. The molecule has 2 N–H and O–H groups in total. The zero-order valence-corrected chi connectivity index (χ0v) is 16.3. The van der Waals surface area contributed by atoms with Gasteiger partial charge in [-0.05, 0) is 43.2 Å². The molecule has 1 amide bonds. The number of carbonyl (C=O) groups is 1. The third-order valence-corrected chi connectivity index (χ3v) is 4.79. The van der Waals surface area contributed by atoms with Crippen LogP contribution in [-0.2, 0) is 10.3 Å². The van der Waals surface area contributed by atoms with Crippen LogP contribution in [0.4, 0.5) is 5.69 Å². The molecule has 3 rings (SSSR count). The standard InChI is InChI=1S/C23H23ClN2O/c1-23(2,18-12-14-19(24)15-13-18)25-16-22(27)26-21-11-7-6-10-20(21)17-8-4-3-5-9-17/h3-15,25H,16H2,1-2H3,(H,26,27). The fraction of sp³-hybridized carbons (Fsp3) is 0.174. The van der Waals surface area contributed by atoms with E-state index in [4.69, 9.17) is 11.6 Å². The normalized spacial score (nSPS) is 11.2. The molecule has 0 saturated heterocycles. The summed E-state index contributed by atoms with van der Waals surface area (Å²) >= 11 is 5.96. The van der Waals surface area contributed by atoms with Crippen molar-refractivity contribution in [3.8, 4) is 11.1 Å². The summed E-state index contributed by atoms with van der Waals surface area (Å²) in [6.07, 6.45) is 0. The minimum Gasteiger partial charge on any atom is -0.324 e. The molecule has 0 fully saturated rings. The van der Waals surface area contributed by atoms with E-state index in [0.717, 1.165) is 22.4 Å². The molecular weight excluding hydrogens is 356 g/mol. The summed E-state index contributed by atoms with van der Waals surface area (Å²) in [5.74, 6) is -0.0829. The van der Waals surface area contributed by atoms with Gasteiger partial charge in [-0.3, -0.25) is 10.1 Å². The molecule has 0 aliphatic rings. The molecule has 0 atom stereocenters. The van der Waals surface area contributed by atoms with Crippen LogP contribution < -0.4 is 10.6 Å². The van der Waals surface area contributed by atoms with Crippen molar-refractivity contribution in [1.82, 2.24) is 5.32 Å². The second-order valence-corrected chi connectivity index (χ2v) is 7.38. The first kappa shape index (κ1) is 19.2. The lowest BCUT2D eigenvalue weighted by Gasteiger charge is -2.27. The Hall–Kier alpha value is -2.62. The summed E-state index contributed by atoms with van der Waals surface area (Å²) in [5.41, 5.74) is 3.61. The van der Waals surface area contributed by atoms with Crippen LogP contribution in [0.2, 0.25) is 5.02 Å². The highest BCUT2D eigenvalue weighted by Crippen LogP contribution is 2.27. The zero-order chi connectivity index (χ0) is 19.3. The van der Waals surface area contributed by atoms with Crippen LogP contribution >= 0.6 is 11.6 Å². The predicted octanol–water partition coefficient (Wildman–Crippen LogP) is 5.47. The number of anilines is 1. The number of halogens is 1. The van der Waals surface area contributed by atoms with Crippen LogP contribution in [0.1, 0.15) is 19.4 Å². The van der Waals surface area contributed by atoms with Crippen LogP contribution in [0.25, 0.3) is 11.1 Å². The number of benzene rings is 3. The summed E-state index contributed by atoms with van der Waals surface area (Å²) in [4.78, 5) is 12.5. The molecule has 0 aromatic heterocycles. The highest BCUT2D eigenvalue weighted by Gasteiger charge is 2.21. The second-order valence-electron chi connectivity index (χ2n) is 6.95. The first-order valence-electron chi connectivity index (χ1n) is 8.91. The predicted molar refractivity (Wildman–Crippen MR) is 113 cm³/mol. The molecule has 0 radical (unpaired) electrons. The van der Waals surface area contributed by atoms with Crippen LogP contribution in [0.5, 0.6) is 0 Å². The molecule has 0 saturated carbocycles. The van der Waals surface area contributed by atoms with E-state index in [0.29, 0.717) is 5.02 Å². The van der Waals surface area contributed by atoms with Gasteiger partial charge >= 0.3 is 0 Å². The quantitative estimate of drug-likeness (QED) is 0.597. The van der Waals surface area contributed by atoms with Crippen molar-refractivity contribution >= 4 is 23.2 Å². The van der Waals surface area contributed by atoms with Crippen molar-refractivity contribution in [2.75, 3.05) is 11.9 Å². The highest BCUT2D eigenvalue weighted by atomic mass is 35.5. The lowest BCUT2D eigenvalue weighted by atomic mass is 9.94. The fourth-order valence-electron chi connectivity index (χ4n) is 2.93. The first-order valence-corrected chi connectivity index (χ1v) is 9.29. The van der Waals surface area contributed by atoms with E-state index in [2.05, 4.69) is 10.6 Å². The topological polar surface area (TPSA) is 41.1 Å². The van der Waals surface area contributed by atoms with Crippen molar-refractivity contribution < 1.29 is 4.79 Å². The smallest absolute Gasteiger partial charge is 0.238 e. The molecule has 27 heavy (non-hydrogen) atoms. The maximum absolute atomic E-state index is 12.5. The Bertz CT molecular complexity index is 905. The Morgan fingerprint density at radius 3 is 2.22 bits per heavy atom. The molecule has 0 aliphatic carbocycles. The van der Waals surface area contributed by atoms with Crippen LogP contribution in [0.3, 0.4) is 0 Å². The molecule has 0 bridgehead atoms. The molecule has 0 aliphatic heterocycles. The largest absolute Gasteiger partial charge is 0.324 e. The van der Waals surface area contributed by atoms with E-state index in [-0.39, 0.29) is 18.0 Å². The molecule has 3 aromatic rings. The molecule has 3 nitrogen and oxygen atoms in total. The van der Waals surface area contributed by atoms with Crippen molar-refractivity contribution in [3.05, 3.63) is 89.4 Å². The maximum Gasteiger partial charge on any atom is 0.238 e. The van der Waals surface area contributed by atoms with Gasteiger partial charge in [-0.1, -0.05) is 72.3 Å². The molecule has 0 spiro atoms. The Labute approximate surface area is 165 Å². The van der Waals surface area contributed by atoms with Gasteiger partial charge in [-0.25, -0.2) is 0 Å². The van der Waals surface area contributed by atoms with Gasteiger partial charge < -0.3 is 5.32 Å². The summed E-state index contributed by atoms with van der Waals surface area (Å²) in [6.45, 7) is 4.29. The van der Waals surface area contributed by atoms with Gasteiger partial charge in [0.25, 0.3) is 0 Å². The van der Waals surface area contributed by atoms with E-state index >= 15 is 0 Å². The Morgan fingerprint density at radius 1 is 0.889 bits per heavy atom. The lowest BCUT2D eigenvalue weighted by molar-refractivity contribution is -0.115. The highest BCUT2D eigenvalue weighted by molar-refractivity contribution is 6.30. The van der Waals surface area contributed by atoms with Gasteiger partial charge in [-0.15, -0.1) is 0 Å². The van der Waals surface area contributed by atoms with Crippen LogP contribution in [0.15, 0.2) is 78.9 Å². The Morgan fingerprint density at radius 2 is 1.52 bits per heavy atom. The van der Waals surface area contributed by atoms with E-state index in [1.807, 2.05) is 92.7 Å². The van der Waals surface area contributed by atoms with E-state index in [9.17, 15) is 4.79 Å². The lowest BCUT2D eigenvalue weighted by Crippen LogP contribution is -2.41. The summed E-state index contributed by atoms with van der Waals surface area (Å²) in [6, 6.07) is 25.5. The fourth-order valence-corrected chi connectivity index (χ4v) is 3.05. The van der Waals surface area contributed by atoms with Crippen molar-refractivity contribution in [1.29, 1.82) is 0 Å². The molecule has 0 heterocycles. The van der Waals surface area contributed by atoms with Gasteiger partial charge in [0, 0.05) is 21.8 Å². The summed E-state index contributed by atoms with van der Waals surface area (Å²) in [7, 11) is 0. The summed E-state index contributed by atoms with van der Waals surface area (Å²) < 4.78 is 0. The number of carbonyl (C=O) groups excluding carboxylic acids is 1. The van der Waals surface area contributed by atoms with Crippen molar-refractivity contribution in [2.45, 2.75) is 19.4 Å². The van der Waals surface area contributed by atoms with Crippen molar-refractivity contribution in [3.63, 3.8) is 0 Å². The average molecular weight is 379 g/mol. The van der Waals surface area contributed by atoms with E-state index in [1.165, 1.54) is 0 Å². The van der Waals surface area contributed by atoms with E-state index in [1.54, 1.807) is 0 Å². The monoisotopic (exact) mass is 378 g/mol. The number of hydrogen-bond donors (Lipinski definition) is 2. The van der Waals surface area contributed by atoms with Gasteiger partial charge in [0.2, 0.25) is 5.91 Å². The molecule has 4 heteroatoms. The van der Waals surface area contributed by atoms with E-state index < -0.39 is 0 Å². The van der Waals surface area contributed by atoms with Crippen LogP contribution in [-0.4, -0.2) is 12.5 Å². The van der Waals surface area contributed by atoms with Crippen molar-refractivity contribution in [2.24, 2.45) is 0 Å². The zero-order valence-electron chi connectivity index (χ0n) is 15.5. The third-order valence-electron chi connectivity index (χ3n) is 4.54. The third kappa shape index (κ3) is 4.97. The average Bonchev–Trinajstić information content (AvgIpc) is 2.68.